The van der Waals surface area contributed by atoms with Crippen molar-refractivity contribution in [3.63, 3.8) is 0 Å². The minimum Gasteiger partial charge on any atom is -0.493 e. The third kappa shape index (κ3) is 4.93. The first-order valence-corrected chi connectivity index (χ1v) is 9.18. The number of halogens is 1. The molecule has 0 aliphatic heterocycles. The molecule has 154 valence electrons. The first kappa shape index (κ1) is 20.8. The minimum atomic E-state index is -0.415. The van der Waals surface area contributed by atoms with Gasteiger partial charge in [0.2, 0.25) is 5.88 Å². The number of hydrogen-bond donors (Lipinski definition) is 2. The van der Waals surface area contributed by atoms with Gasteiger partial charge in [-0.25, -0.2) is 24.3 Å². The van der Waals surface area contributed by atoms with Gasteiger partial charge < -0.3 is 10.4 Å². The Kier molecular flexibility index (Phi) is 6.31. The van der Waals surface area contributed by atoms with E-state index in [1.54, 1.807) is 29.2 Å². The van der Waals surface area contributed by atoms with E-state index in [2.05, 4.69) is 43.4 Å². The minimum absolute atomic E-state index is 0.0165. The third-order valence-electron chi connectivity index (χ3n) is 4.09. The van der Waals surface area contributed by atoms with Gasteiger partial charge in [0.15, 0.2) is 22.8 Å². The Hall–Kier alpha value is -3.88. The molecule has 0 atom stereocenters. The van der Waals surface area contributed by atoms with Crippen molar-refractivity contribution in [1.82, 2.24) is 24.5 Å². The molecule has 0 spiro atoms. The van der Waals surface area contributed by atoms with Crippen LogP contribution in [0.1, 0.15) is 25.2 Å². The predicted molar refractivity (Wildman–Crippen MR) is 117 cm³/mol. The molecule has 3 heterocycles. The highest BCUT2D eigenvalue weighted by molar-refractivity contribution is 6.08. The number of aromatic hydroxyl groups is 1. The Morgan fingerprint density at radius 2 is 2.07 bits per heavy atom. The van der Waals surface area contributed by atoms with Crippen LogP contribution in [0.15, 0.2) is 54.8 Å². The Labute approximate surface area is 173 Å². The molecule has 8 nitrogen and oxygen atoms in total. The zero-order valence-corrected chi connectivity index (χ0v) is 16.8. The smallest absolute Gasteiger partial charge is 0.210 e. The van der Waals surface area contributed by atoms with Gasteiger partial charge in [-0.05, 0) is 25.8 Å². The molecule has 0 saturated heterocycles. The van der Waals surface area contributed by atoms with Crippen molar-refractivity contribution in [3.05, 3.63) is 61.2 Å². The predicted octanol–water partition coefficient (Wildman–Crippen LogP) is 3.99. The van der Waals surface area contributed by atoms with Gasteiger partial charge in [0, 0.05) is 36.3 Å². The first-order valence-electron chi connectivity index (χ1n) is 9.18. The summed E-state index contributed by atoms with van der Waals surface area (Å²) in [5, 5.41) is 12.6. The van der Waals surface area contributed by atoms with E-state index >= 15 is 0 Å². The number of anilines is 1. The van der Waals surface area contributed by atoms with Crippen LogP contribution in [0.5, 0.6) is 5.88 Å². The number of pyridine rings is 1. The summed E-state index contributed by atoms with van der Waals surface area (Å²) in [6.07, 6.45) is 6.40. The van der Waals surface area contributed by atoms with Crippen LogP contribution >= 0.6 is 0 Å². The van der Waals surface area contributed by atoms with Gasteiger partial charge in [0.25, 0.3) is 0 Å². The SMILES string of the molecule is C=C(/C=N\C=C(/C)F)c1nc(NCCc2ccc(O)nc2)c2ncn(C(=C)C)c2n1. The lowest BCUT2D eigenvalue weighted by molar-refractivity contribution is 0.453. The van der Waals surface area contributed by atoms with Crippen LogP contribution in [0.2, 0.25) is 0 Å². The number of imidazole rings is 1. The third-order valence-corrected chi connectivity index (χ3v) is 4.09. The molecular formula is C21H22FN7O. The summed E-state index contributed by atoms with van der Waals surface area (Å²) in [5.41, 5.74) is 3.30. The van der Waals surface area contributed by atoms with Crippen LogP contribution in [0, 0.1) is 0 Å². The molecule has 3 aromatic heterocycles. The normalized spacial score (nSPS) is 11.9. The van der Waals surface area contributed by atoms with Gasteiger partial charge in [0.1, 0.15) is 12.2 Å². The summed E-state index contributed by atoms with van der Waals surface area (Å²) in [7, 11) is 0. The van der Waals surface area contributed by atoms with Crippen LogP contribution in [-0.4, -0.2) is 42.4 Å². The lowest BCUT2D eigenvalue weighted by Gasteiger charge is -2.09. The number of allylic oxidation sites excluding steroid dienone is 3. The van der Waals surface area contributed by atoms with E-state index in [-0.39, 0.29) is 5.88 Å². The van der Waals surface area contributed by atoms with Crippen molar-refractivity contribution >= 4 is 34.5 Å². The van der Waals surface area contributed by atoms with Crippen molar-refractivity contribution in [2.75, 3.05) is 11.9 Å². The van der Waals surface area contributed by atoms with E-state index in [1.165, 1.54) is 13.1 Å². The fourth-order valence-corrected chi connectivity index (χ4v) is 2.62. The average molecular weight is 407 g/mol. The second kappa shape index (κ2) is 9.08. The molecule has 0 saturated carbocycles. The standard InChI is InChI=1S/C21H22FN7O/c1-13(2)29-12-26-18-20(24-8-7-16-5-6-17(30)25-11-16)27-19(28-21(18)29)14(3)9-23-10-15(4)22/h5-6,9-12H,1,3,7-8H2,2,4H3,(H,25,30)(H,24,27,28)/b15-10+,23-9-. The number of aliphatic imine (C=N–C) groups is 1. The Balaban J connectivity index is 1.90. The highest BCUT2D eigenvalue weighted by Gasteiger charge is 2.14. The number of fused-ring (bicyclic) bond motifs is 1. The first-order chi connectivity index (χ1) is 14.3. The summed E-state index contributed by atoms with van der Waals surface area (Å²) in [4.78, 5) is 21.2. The second-order valence-electron chi connectivity index (χ2n) is 6.64. The van der Waals surface area contributed by atoms with Gasteiger partial charge in [-0.3, -0.25) is 9.56 Å². The molecule has 0 aliphatic rings. The van der Waals surface area contributed by atoms with E-state index in [0.717, 1.165) is 17.5 Å². The highest BCUT2D eigenvalue weighted by atomic mass is 19.1. The van der Waals surface area contributed by atoms with Crippen LogP contribution in [0.3, 0.4) is 0 Å². The molecule has 0 aromatic carbocycles. The van der Waals surface area contributed by atoms with E-state index < -0.39 is 5.83 Å². The van der Waals surface area contributed by atoms with Crippen LogP contribution in [-0.2, 0) is 6.42 Å². The molecule has 3 aromatic rings. The van der Waals surface area contributed by atoms with Crippen molar-refractivity contribution in [2.24, 2.45) is 4.99 Å². The van der Waals surface area contributed by atoms with Crippen molar-refractivity contribution in [1.29, 1.82) is 0 Å². The lowest BCUT2D eigenvalue weighted by Crippen LogP contribution is -2.09. The molecule has 9 heteroatoms. The Morgan fingerprint density at radius 1 is 1.27 bits per heavy atom. The molecule has 0 aliphatic carbocycles. The Bertz CT molecular complexity index is 1140. The molecule has 3 rings (SSSR count). The van der Waals surface area contributed by atoms with Crippen LogP contribution < -0.4 is 5.32 Å². The quantitative estimate of drug-likeness (QED) is 0.548. The number of aromatic nitrogens is 5. The number of rotatable bonds is 8. The van der Waals surface area contributed by atoms with E-state index in [1.807, 2.05) is 6.92 Å². The Morgan fingerprint density at radius 3 is 2.73 bits per heavy atom. The molecular weight excluding hydrogens is 385 g/mol. The molecule has 0 amide bonds. The van der Waals surface area contributed by atoms with Crippen LogP contribution in [0.4, 0.5) is 10.2 Å². The maximum Gasteiger partial charge on any atom is 0.210 e. The largest absolute Gasteiger partial charge is 0.493 e. The van der Waals surface area contributed by atoms with Crippen molar-refractivity contribution in [2.45, 2.75) is 20.3 Å². The summed E-state index contributed by atoms with van der Waals surface area (Å²) in [6, 6.07) is 3.35. The van der Waals surface area contributed by atoms with Gasteiger partial charge in [-0.2, -0.15) is 0 Å². The van der Waals surface area contributed by atoms with E-state index in [4.69, 9.17) is 0 Å². The molecule has 0 unspecified atom stereocenters. The number of hydrogen-bond acceptors (Lipinski definition) is 7. The van der Waals surface area contributed by atoms with E-state index in [9.17, 15) is 9.50 Å². The monoisotopic (exact) mass is 407 g/mol. The average Bonchev–Trinajstić information content (AvgIpc) is 3.13. The molecule has 0 radical (unpaired) electrons. The van der Waals surface area contributed by atoms with Gasteiger partial charge in [-0.1, -0.05) is 19.2 Å². The summed E-state index contributed by atoms with van der Waals surface area (Å²) >= 11 is 0. The summed E-state index contributed by atoms with van der Waals surface area (Å²) in [5.74, 6) is 0.445. The molecule has 2 N–H and O–H groups in total. The maximum atomic E-state index is 12.9. The topological polar surface area (TPSA) is 101 Å². The fraction of sp³-hybridized carbons (Fsp3) is 0.190. The summed E-state index contributed by atoms with van der Waals surface area (Å²) in [6.45, 7) is 11.6. The zero-order chi connectivity index (χ0) is 21.7. The van der Waals surface area contributed by atoms with Crippen molar-refractivity contribution < 1.29 is 9.50 Å². The van der Waals surface area contributed by atoms with Gasteiger partial charge in [-0.15, -0.1) is 0 Å². The van der Waals surface area contributed by atoms with Gasteiger partial charge in [0.05, 0.1) is 6.20 Å². The van der Waals surface area contributed by atoms with Crippen LogP contribution in [0.25, 0.3) is 22.4 Å². The zero-order valence-electron chi connectivity index (χ0n) is 16.8. The van der Waals surface area contributed by atoms with E-state index in [0.29, 0.717) is 41.3 Å². The van der Waals surface area contributed by atoms with Gasteiger partial charge >= 0.3 is 0 Å². The summed E-state index contributed by atoms with van der Waals surface area (Å²) < 4.78 is 14.6. The lowest BCUT2D eigenvalue weighted by atomic mass is 10.2. The fourth-order valence-electron chi connectivity index (χ4n) is 2.62. The molecule has 0 bridgehead atoms. The number of nitrogens with zero attached hydrogens (tertiary/aromatic N) is 6. The van der Waals surface area contributed by atoms with Crippen molar-refractivity contribution in [3.8, 4) is 5.88 Å². The molecule has 30 heavy (non-hydrogen) atoms. The number of nitrogens with one attached hydrogen (secondary N) is 1. The second-order valence-corrected chi connectivity index (χ2v) is 6.64. The molecule has 0 fully saturated rings. The highest BCUT2D eigenvalue weighted by Crippen LogP contribution is 2.23. The maximum absolute atomic E-state index is 12.9.